The summed E-state index contributed by atoms with van der Waals surface area (Å²) in [7, 11) is 0. The lowest BCUT2D eigenvalue weighted by atomic mass is 9.85. The topological polar surface area (TPSA) is 55.1 Å². The molecule has 212 valence electrons. The van der Waals surface area contributed by atoms with Gasteiger partial charge in [-0.3, -0.25) is 0 Å². The number of aromatic nitrogens is 2. The van der Waals surface area contributed by atoms with Gasteiger partial charge in [-0.25, -0.2) is 9.78 Å². The number of hydrogen-bond acceptors (Lipinski definition) is 2. The van der Waals surface area contributed by atoms with Crippen LogP contribution in [-0.2, 0) is 11.3 Å². The van der Waals surface area contributed by atoms with Crippen molar-refractivity contribution < 1.29 is 23.1 Å². The minimum Gasteiger partial charge on any atom is -0.475 e. The van der Waals surface area contributed by atoms with E-state index in [0.29, 0.717) is 5.92 Å². The maximum absolute atomic E-state index is 10.6. The van der Waals surface area contributed by atoms with E-state index in [-0.39, 0.29) is 5.92 Å². The van der Waals surface area contributed by atoms with Crippen molar-refractivity contribution in [2.45, 2.75) is 38.4 Å². The summed E-state index contributed by atoms with van der Waals surface area (Å²) in [6.45, 7) is 5.24. The van der Waals surface area contributed by atoms with Gasteiger partial charge in [-0.2, -0.15) is 13.2 Å². The van der Waals surface area contributed by atoms with Crippen molar-refractivity contribution in [1.82, 2.24) is 9.55 Å². The van der Waals surface area contributed by atoms with Crippen LogP contribution in [0.1, 0.15) is 46.8 Å². The molecule has 0 aliphatic rings. The molecule has 1 N–H and O–H groups in total. The Labute approximate surface area is 246 Å². The number of fused-ring (bicyclic) bond motifs is 1. The summed E-state index contributed by atoms with van der Waals surface area (Å²) in [6.07, 6.45) is -5.08. The van der Waals surface area contributed by atoms with E-state index in [0.717, 1.165) is 33.4 Å². The Morgan fingerprint density at radius 3 is 1.80 bits per heavy atom. The Balaban J connectivity index is 0.000000493. The lowest BCUT2D eigenvalue weighted by Crippen LogP contribution is -2.21. The molecule has 0 saturated heterocycles. The summed E-state index contributed by atoms with van der Waals surface area (Å²) in [4.78, 5) is 13.8. The summed E-state index contributed by atoms with van der Waals surface area (Å²) < 4.78 is 34.1. The number of halogens is 5. The van der Waals surface area contributed by atoms with E-state index in [1.54, 1.807) is 0 Å². The molecule has 41 heavy (non-hydrogen) atoms. The van der Waals surface area contributed by atoms with Gasteiger partial charge in [0.1, 0.15) is 5.82 Å². The van der Waals surface area contributed by atoms with Crippen molar-refractivity contribution in [2.24, 2.45) is 0 Å². The number of nitrogens with zero attached hydrogens (tertiary/aromatic N) is 2. The Morgan fingerprint density at radius 2 is 1.32 bits per heavy atom. The van der Waals surface area contributed by atoms with Gasteiger partial charge < -0.3 is 9.67 Å². The molecule has 1 atom stereocenters. The Bertz CT molecular complexity index is 1570. The largest absolute Gasteiger partial charge is 0.490 e. The van der Waals surface area contributed by atoms with Crippen LogP contribution in [0.5, 0.6) is 0 Å². The summed E-state index contributed by atoms with van der Waals surface area (Å²) >= 11 is 12.4. The first-order chi connectivity index (χ1) is 19.4. The van der Waals surface area contributed by atoms with Gasteiger partial charge in [0.15, 0.2) is 0 Å². The maximum Gasteiger partial charge on any atom is 0.490 e. The number of alkyl halides is 3. The summed E-state index contributed by atoms with van der Waals surface area (Å²) in [5, 5.41) is 8.59. The van der Waals surface area contributed by atoms with Crippen LogP contribution >= 0.6 is 23.2 Å². The zero-order valence-corrected chi connectivity index (χ0v) is 23.8. The molecule has 0 saturated carbocycles. The minimum absolute atomic E-state index is 0.0640. The maximum atomic E-state index is 10.6. The molecule has 1 heterocycles. The van der Waals surface area contributed by atoms with Crippen LogP contribution in [0.4, 0.5) is 13.2 Å². The molecule has 0 aliphatic heterocycles. The van der Waals surface area contributed by atoms with Gasteiger partial charge in [-0.05, 0) is 71.5 Å². The SMILES string of the molecule is Cc1nc2ccc(C(c3ccc(Cl)cc3)c3ccc(Cl)cc3)cc2n1C[C@@H](C)c1ccccc1.O=C(O)C(F)(F)F. The van der Waals surface area contributed by atoms with Crippen molar-refractivity contribution in [1.29, 1.82) is 0 Å². The predicted molar refractivity (Wildman–Crippen MR) is 157 cm³/mol. The number of imidazole rings is 1. The molecular weight excluding hydrogens is 572 g/mol. The molecule has 4 nitrogen and oxygen atoms in total. The number of rotatable bonds is 6. The molecule has 0 fully saturated rings. The predicted octanol–water partition coefficient (Wildman–Crippen LogP) is 9.27. The summed E-state index contributed by atoms with van der Waals surface area (Å²) in [6, 6.07) is 33.5. The van der Waals surface area contributed by atoms with E-state index in [1.807, 2.05) is 24.3 Å². The van der Waals surface area contributed by atoms with Crippen LogP contribution in [0.2, 0.25) is 10.0 Å². The van der Waals surface area contributed by atoms with Crippen LogP contribution in [0.25, 0.3) is 11.0 Å². The van der Waals surface area contributed by atoms with Gasteiger partial charge in [-0.15, -0.1) is 0 Å². The van der Waals surface area contributed by atoms with Crippen molar-refractivity contribution in [3.05, 3.63) is 135 Å². The molecule has 5 rings (SSSR count). The van der Waals surface area contributed by atoms with Gasteiger partial charge in [0, 0.05) is 22.5 Å². The molecular formula is C32H27Cl2F3N2O2. The second-order valence-corrected chi connectivity index (χ2v) is 10.5. The molecule has 0 radical (unpaired) electrons. The second kappa shape index (κ2) is 12.8. The van der Waals surface area contributed by atoms with Crippen molar-refractivity contribution in [3.63, 3.8) is 0 Å². The van der Waals surface area contributed by atoms with Gasteiger partial charge in [0.25, 0.3) is 0 Å². The molecule has 9 heteroatoms. The summed E-state index contributed by atoms with van der Waals surface area (Å²) in [5.74, 6) is -1.28. The molecule has 1 aromatic heterocycles. The zero-order chi connectivity index (χ0) is 29.7. The van der Waals surface area contributed by atoms with Crippen LogP contribution in [0.15, 0.2) is 97.1 Å². The number of hydrogen-bond donors (Lipinski definition) is 1. The van der Waals surface area contributed by atoms with Crippen LogP contribution in [0, 0.1) is 6.92 Å². The average molecular weight is 599 g/mol. The van der Waals surface area contributed by atoms with Crippen molar-refractivity contribution in [2.75, 3.05) is 0 Å². The van der Waals surface area contributed by atoms with Crippen molar-refractivity contribution >= 4 is 40.2 Å². The monoisotopic (exact) mass is 598 g/mol. The third-order valence-electron chi connectivity index (χ3n) is 6.77. The van der Waals surface area contributed by atoms with Gasteiger partial charge in [-0.1, -0.05) is 90.8 Å². The molecule has 0 aliphatic carbocycles. The van der Waals surface area contributed by atoms with Crippen molar-refractivity contribution in [3.8, 4) is 0 Å². The standard InChI is InChI=1S/C30H26Cl2N2.C2HF3O2/c1-20(22-6-4-3-5-7-22)19-34-21(2)33-28-17-12-25(18-29(28)34)30(23-8-13-26(31)14-9-23)24-10-15-27(32)16-11-24;3-2(4,5)1(6)7/h3-18,20,30H,19H2,1-2H3;(H,6,7)/t20-;/m1./s1. The lowest BCUT2D eigenvalue weighted by molar-refractivity contribution is -0.192. The first kappa shape index (κ1) is 30.2. The number of benzene rings is 4. The van der Waals surface area contributed by atoms with E-state index >= 15 is 0 Å². The van der Waals surface area contributed by atoms with E-state index in [4.69, 9.17) is 38.1 Å². The highest BCUT2D eigenvalue weighted by Gasteiger charge is 2.38. The third-order valence-corrected chi connectivity index (χ3v) is 7.27. The average Bonchev–Trinajstić information content (AvgIpc) is 3.25. The van der Waals surface area contributed by atoms with Crippen LogP contribution in [-0.4, -0.2) is 26.8 Å². The highest BCUT2D eigenvalue weighted by atomic mass is 35.5. The first-order valence-corrected chi connectivity index (χ1v) is 13.5. The highest BCUT2D eigenvalue weighted by Crippen LogP contribution is 2.35. The van der Waals surface area contributed by atoms with E-state index in [1.165, 1.54) is 22.3 Å². The molecule has 0 spiro atoms. The van der Waals surface area contributed by atoms with E-state index in [2.05, 4.69) is 91.2 Å². The van der Waals surface area contributed by atoms with Crippen LogP contribution in [0.3, 0.4) is 0 Å². The fourth-order valence-corrected chi connectivity index (χ4v) is 4.97. The second-order valence-electron chi connectivity index (χ2n) is 9.67. The Hall–Kier alpha value is -3.81. The van der Waals surface area contributed by atoms with E-state index in [9.17, 15) is 13.2 Å². The van der Waals surface area contributed by atoms with Crippen LogP contribution < -0.4 is 0 Å². The molecule has 4 aromatic carbocycles. The van der Waals surface area contributed by atoms with Gasteiger partial charge in [0.05, 0.1) is 11.0 Å². The molecule has 0 unspecified atom stereocenters. The number of carbonyl (C=O) groups is 1. The highest BCUT2D eigenvalue weighted by molar-refractivity contribution is 6.30. The molecule has 0 amide bonds. The number of aryl methyl sites for hydroxylation is 1. The summed E-state index contributed by atoms with van der Waals surface area (Å²) in [5.41, 5.74) is 7.10. The molecule has 0 bridgehead atoms. The minimum atomic E-state index is -5.08. The normalized spacial score (nSPS) is 12.2. The van der Waals surface area contributed by atoms with Gasteiger partial charge in [0.2, 0.25) is 0 Å². The number of carboxylic acids is 1. The molecule has 5 aromatic rings. The zero-order valence-electron chi connectivity index (χ0n) is 22.2. The Kier molecular flexibility index (Phi) is 9.41. The third kappa shape index (κ3) is 7.48. The number of aliphatic carboxylic acids is 1. The number of carboxylic acid groups (broad SMARTS) is 1. The smallest absolute Gasteiger partial charge is 0.475 e. The van der Waals surface area contributed by atoms with E-state index < -0.39 is 12.1 Å². The first-order valence-electron chi connectivity index (χ1n) is 12.8. The fourth-order valence-electron chi connectivity index (χ4n) is 4.72. The Morgan fingerprint density at radius 1 is 0.829 bits per heavy atom. The quantitative estimate of drug-likeness (QED) is 0.198. The fraction of sp³-hybridized carbons (Fsp3) is 0.188. The lowest BCUT2D eigenvalue weighted by Gasteiger charge is -2.20. The van der Waals surface area contributed by atoms with Gasteiger partial charge >= 0.3 is 12.1 Å².